The molecule has 1 N–H and O–H groups in total. The summed E-state index contributed by atoms with van der Waals surface area (Å²) in [7, 11) is 0. The van der Waals surface area contributed by atoms with Gasteiger partial charge in [0.25, 0.3) is 11.5 Å². The lowest BCUT2D eigenvalue weighted by Crippen LogP contribution is -2.27. The molecule has 1 heterocycles. The van der Waals surface area contributed by atoms with Crippen molar-refractivity contribution >= 4 is 23.2 Å². The number of aromatic nitrogens is 2. The van der Waals surface area contributed by atoms with Gasteiger partial charge in [-0.15, -0.1) is 0 Å². The lowest BCUT2D eigenvalue weighted by Gasteiger charge is -2.12. The van der Waals surface area contributed by atoms with E-state index in [1.54, 1.807) is 0 Å². The molecule has 0 bridgehead atoms. The van der Waals surface area contributed by atoms with Crippen molar-refractivity contribution in [2.75, 3.05) is 5.32 Å². The van der Waals surface area contributed by atoms with Gasteiger partial charge in [0, 0.05) is 12.6 Å². The number of rotatable bonds is 4. The molecule has 1 aromatic heterocycles. The van der Waals surface area contributed by atoms with Gasteiger partial charge in [-0.05, 0) is 30.2 Å². The van der Waals surface area contributed by atoms with Crippen LogP contribution in [0.15, 0.2) is 35.1 Å². The monoisotopic (exact) mass is 373 g/mol. The molecule has 1 aromatic carbocycles. The van der Waals surface area contributed by atoms with E-state index in [-0.39, 0.29) is 27.9 Å². The number of anilines is 1. The van der Waals surface area contributed by atoms with Crippen molar-refractivity contribution in [3.05, 3.63) is 57.0 Å². The number of benzene rings is 1. The first-order valence-electron chi connectivity index (χ1n) is 7.34. The van der Waals surface area contributed by atoms with E-state index < -0.39 is 17.6 Å². The van der Waals surface area contributed by atoms with E-state index in [0.717, 1.165) is 22.9 Å². The fourth-order valence-corrected chi connectivity index (χ4v) is 2.20. The average molecular weight is 374 g/mol. The second-order valence-corrected chi connectivity index (χ2v) is 6.19. The van der Waals surface area contributed by atoms with Crippen molar-refractivity contribution < 1.29 is 18.0 Å². The Labute approximate surface area is 146 Å². The van der Waals surface area contributed by atoms with Crippen molar-refractivity contribution in [1.29, 1.82) is 0 Å². The standard InChI is InChI=1S/C16H15ClF3N3O2/c1-9(2)8-23-14(24)6-5-12(22-23)15(25)21-13-7-10(16(18,19)20)3-4-11(13)17/h3-7,9H,8H2,1-2H3,(H,21,25). The smallest absolute Gasteiger partial charge is 0.319 e. The average Bonchev–Trinajstić information content (AvgIpc) is 2.50. The van der Waals surface area contributed by atoms with Gasteiger partial charge in [0.2, 0.25) is 0 Å². The quantitative estimate of drug-likeness (QED) is 0.886. The summed E-state index contributed by atoms with van der Waals surface area (Å²) in [6.45, 7) is 4.07. The number of hydrogen-bond acceptors (Lipinski definition) is 3. The van der Waals surface area contributed by atoms with Crippen LogP contribution in [0.2, 0.25) is 5.02 Å². The zero-order chi connectivity index (χ0) is 18.8. The summed E-state index contributed by atoms with van der Waals surface area (Å²) in [5.74, 6) is -0.639. The van der Waals surface area contributed by atoms with Crippen molar-refractivity contribution in [3.8, 4) is 0 Å². The van der Waals surface area contributed by atoms with Crippen molar-refractivity contribution in [2.24, 2.45) is 5.92 Å². The van der Waals surface area contributed by atoms with Crippen LogP contribution in [0.1, 0.15) is 29.9 Å². The zero-order valence-electron chi connectivity index (χ0n) is 13.4. The van der Waals surface area contributed by atoms with Crippen LogP contribution in [0.3, 0.4) is 0 Å². The second kappa shape index (κ2) is 7.26. The molecule has 0 spiro atoms. The molecule has 0 fully saturated rings. The summed E-state index contributed by atoms with van der Waals surface area (Å²) in [5.41, 5.74) is -1.61. The van der Waals surface area contributed by atoms with E-state index in [1.807, 2.05) is 13.8 Å². The highest BCUT2D eigenvalue weighted by Crippen LogP contribution is 2.33. The normalized spacial score (nSPS) is 11.6. The molecule has 0 unspecified atom stereocenters. The van der Waals surface area contributed by atoms with Crippen LogP contribution in [0, 0.1) is 5.92 Å². The first kappa shape index (κ1) is 19.0. The third-order valence-corrected chi connectivity index (χ3v) is 3.51. The van der Waals surface area contributed by atoms with E-state index in [4.69, 9.17) is 11.6 Å². The maximum absolute atomic E-state index is 12.8. The number of nitrogens with zero attached hydrogens (tertiary/aromatic N) is 2. The Morgan fingerprint density at radius 1 is 1.28 bits per heavy atom. The highest BCUT2D eigenvalue weighted by molar-refractivity contribution is 6.33. The molecule has 5 nitrogen and oxygen atoms in total. The molecule has 134 valence electrons. The molecule has 0 saturated carbocycles. The van der Waals surface area contributed by atoms with Gasteiger partial charge >= 0.3 is 6.18 Å². The largest absolute Gasteiger partial charge is 0.416 e. The summed E-state index contributed by atoms with van der Waals surface area (Å²) in [6, 6.07) is 4.99. The lowest BCUT2D eigenvalue weighted by atomic mass is 10.2. The summed E-state index contributed by atoms with van der Waals surface area (Å²) in [5, 5.41) is 6.18. The van der Waals surface area contributed by atoms with Gasteiger partial charge in [-0.3, -0.25) is 9.59 Å². The maximum atomic E-state index is 12.8. The van der Waals surface area contributed by atoms with Crippen molar-refractivity contribution in [1.82, 2.24) is 9.78 Å². The Morgan fingerprint density at radius 2 is 1.96 bits per heavy atom. The van der Waals surface area contributed by atoms with Crippen LogP contribution < -0.4 is 10.9 Å². The van der Waals surface area contributed by atoms with Gasteiger partial charge in [-0.1, -0.05) is 25.4 Å². The fourth-order valence-electron chi connectivity index (χ4n) is 2.03. The molecule has 0 aliphatic carbocycles. The topological polar surface area (TPSA) is 64.0 Å². The van der Waals surface area contributed by atoms with Crippen LogP contribution in [0.4, 0.5) is 18.9 Å². The Balaban J connectivity index is 2.30. The molecular weight excluding hydrogens is 359 g/mol. The SMILES string of the molecule is CC(C)Cn1nc(C(=O)Nc2cc(C(F)(F)F)ccc2Cl)ccc1=O. The van der Waals surface area contributed by atoms with Crippen LogP contribution in [-0.4, -0.2) is 15.7 Å². The van der Waals surface area contributed by atoms with Gasteiger partial charge < -0.3 is 5.32 Å². The van der Waals surface area contributed by atoms with E-state index in [1.165, 1.54) is 12.1 Å². The highest BCUT2D eigenvalue weighted by atomic mass is 35.5. The van der Waals surface area contributed by atoms with E-state index in [9.17, 15) is 22.8 Å². The zero-order valence-corrected chi connectivity index (χ0v) is 14.1. The number of carbonyl (C=O) groups excluding carboxylic acids is 1. The van der Waals surface area contributed by atoms with E-state index >= 15 is 0 Å². The molecule has 1 amide bonds. The Hall–Kier alpha value is -2.35. The Morgan fingerprint density at radius 3 is 2.56 bits per heavy atom. The molecule has 9 heteroatoms. The van der Waals surface area contributed by atoms with E-state index in [0.29, 0.717) is 6.54 Å². The van der Waals surface area contributed by atoms with Crippen molar-refractivity contribution in [2.45, 2.75) is 26.6 Å². The molecule has 25 heavy (non-hydrogen) atoms. The predicted octanol–water partition coefficient (Wildman–Crippen LogP) is 3.82. The first-order chi connectivity index (χ1) is 11.6. The lowest BCUT2D eigenvalue weighted by molar-refractivity contribution is -0.137. The summed E-state index contributed by atoms with van der Waals surface area (Å²) < 4.78 is 39.4. The second-order valence-electron chi connectivity index (χ2n) is 5.78. The van der Waals surface area contributed by atoms with Crippen molar-refractivity contribution in [3.63, 3.8) is 0 Å². The number of alkyl halides is 3. The minimum atomic E-state index is -4.56. The van der Waals surface area contributed by atoms with Gasteiger partial charge in [0.05, 0.1) is 16.3 Å². The van der Waals surface area contributed by atoms with Crippen LogP contribution in [0.25, 0.3) is 0 Å². The predicted molar refractivity (Wildman–Crippen MR) is 87.7 cm³/mol. The minimum absolute atomic E-state index is 0.0446. The minimum Gasteiger partial charge on any atom is -0.319 e. The molecule has 0 saturated heterocycles. The molecule has 0 aliphatic heterocycles. The number of amides is 1. The summed E-state index contributed by atoms with van der Waals surface area (Å²) in [4.78, 5) is 24.0. The highest BCUT2D eigenvalue weighted by Gasteiger charge is 2.31. The molecule has 2 aromatic rings. The van der Waals surface area contributed by atoms with Crippen LogP contribution >= 0.6 is 11.6 Å². The van der Waals surface area contributed by atoms with Crippen LogP contribution in [-0.2, 0) is 12.7 Å². The Kier molecular flexibility index (Phi) is 5.52. The summed E-state index contributed by atoms with van der Waals surface area (Å²) in [6.07, 6.45) is -4.56. The number of hydrogen-bond donors (Lipinski definition) is 1. The maximum Gasteiger partial charge on any atom is 0.416 e. The van der Waals surface area contributed by atoms with Gasteiger partial charge in [-0.25, -0.2) is 4.68 Å². The number of carbonyl (C=O) groups is 1. The third-order valence-electron chi connectivity index (χ3n) is 3.18. The molecular formula is C16H15ClF3N3O2. The van der Waals surface area contributed by atoms with Gasteiger partial charge in [0.15, 0.2) is 0 Å². The Bertz CT molecular complexity index is 847. The first-order valence-corrected chi connectivity index (χ1v) is 7.72. The number of nitrogens with one attached hydrogen (secondary N) is 1. The third kappa shape index (κ3) is 4.82. The fraction of sp³-hybridized carbons (Fsp3) is 0.312. The molecule has 0 radical (unpaired) electrons. The van der Waals surface area contributed by atoms with Crippen LogP contribution in [0.5, 0.6) is 0 Å². The summed E-state index contributed by atoms with van der Waals surface area (Å²) >= 11 is 5.85. The molecule has 0 atom stereocenters. The van der Waals surface area contributed by atoms with E-state index in [2.05, 4.69) is 10.4 Å². The number of halogens is 4. The van der Waals surface area contributed by atoms with Gasteiger partial charge in [-0.2, -0.15) is 18.3 Å². The molecule has 2 rings (SSSR count). The van der Waals surface area contributed by atoms with Gasteiger partial charge in [0.1, 0.15) is 5.69 Å². The molecule has 0 aliphatic rings.